The van der Waals surface area contributed by atoms with E-state index in [1.807, 2.05) is 33.8 Å². The van der Waals surface area contributed by atoms with E-state index in [1.54, 1.807) is 12.1 Å². The predicted octanol–water partition coefficient (Wildman–Crippen LogP) is 4.38. The maximum Gasteiger partial charge on any atom is 0.497 e. The summed E-state index contributed by atoms with van der Waals surface area (Å²) >= 11 is 3.75. The first-order valence-corrected chi connectivity index (χ1v) is 9.97. The highest BCUT2D eigenvalue weighted by Gasteiger charge is 2.52. The number of halogens is 2. The standard InChI is InChI=1S/C19H27BBrFO3/c1-6-12-11-23-17(10-15(12)21)13-7-8-14(16(22)9-13)20-24-18(2,3)19(4,5)25-20/h7-9,12,15,17H,6,10-11H2,1-5H3. The fourth-order valence-electron chi connectivity index (χ4n) is 3.32. The summed E-state index contributed by atoms with van der Waals surface area (Å²) in [7, 11) is -0.681. The predicted molar refractivity (Wildman–Crippen MR) is 102 cm³/mol. The molecule has 3 unspecified atom stereocenters. The Hall–Kier alpha value is -0.425. The molecule has 2 heterocycles. The van der Waals surface area contributed by atoms with E-state index in [0.29, 0.717) is 22.8 Å². The van der Waals surface area contributed by atoms with Crippen LogP contribution in [0.5, 0.6) is 0 Å². The molecule has 2 fully saturated rings. The van der Waals surface area contributed by atoms with Gasteiger partial charge >= 0.3 is 7.12 Å². The Balaban J connectivity index is 1.76. The van der Waals surface area contributed by atoms with Gasteiger partial charge in [0, 0.05) is 10.3 Å². The van der Waals surface area contributed by atoms with Crippen LogP contribution in [0.4, 0.5) is 4.39 Å². The van der Waals surface area contributed by atoms with Crippen molar-refractivity contribution in [3.05, 3.63) is 29.6 Å². The molecule has 3 atom stereocenters. The molecule has 0 aromatic heterocycles. The average molecular weight is 413 g/mol. The van der Waals surface area contributed by atoms with Crippen molar-refractivity contribution < 1.29 is 18.4 Å². The Morgan fingerprint density at radius 2 is 1.84 bits per heavy atom. The monoisotopic (exact) mass is 412 g/mol. The lowest BCUT2D eigenvalue weighted by atomic mass is 9.78. The largest absolute Gasteiger partial charge is 0.497 e. The summed E-state index contributed by atoms with van der Waals surface area (Å²) in [4.78, 5) is 0.405. The van der Waals surface area contributed by atoms with Crippen LogP contribution in [0.1, 0.15) is 59.1 Å². The van der Waals surface area contributed by atoms with Crippen molar-refractivity contribution in [3.63, 3.8) is 0 Å². The van der Waals surface area contributed by atoms with Gasteiger partial charge in [0.25, 0.3) is 0 Å². The highest BCUT2D eigenvalue weighted by atomic mass is 79.9. The topological polar surface area (TPSA) is 27.7 Å². The minimum Gasteiger partial charge on any atom is -0.399 e. The van der Waals surface area contributed by atoms with E-state index in [2.05, 4.69) is 22.9 Å². The molecule has 0 N–H and O–H groups in total. The van der Waals surface area contributed by atoms with Gasteiger partial charge in [0.1, 0.15) is 5.82 Å². The highest BCUT2D eigenvalue weighted by Crippen LogP contribution is 2.38. The van der Waals surface area contributed by atoms with Crippen molar-refractivity contribution in [2.45, 2.75) is 69.6 Å². The van der Waals surface area contributed by atoms with Crippen LogP contribution in [0.15, 0.2) is 18.2 Å². The molecule has 0 aliphatic carbocycles. The van der Waals surface area contributed by atoms with Crippen molar-refractivity contribution in [2.75, 3.05) is 6.61 Å². The molecule has 6 heteroatoms. The van der Waals surface area contributed by atoms with Crippen molar-refractivity contribution in [1.29, 1.82) is 0 Å². The molecule has 2 aliphatic rings. The maximum atomic E-state index is 14.8. The fourth-order valence-corrected chi connectivity index (χ4v) is 4.19. The Labute approximate surface area is 158 Å². The first-order valence-electron chi connectivity index (χ1n) is 9.05. The highest BCUT2D eigenvalue weighted by molar-refractivity contribution is 9.09. The first-order chi connectivity index (χ1) is 11.6. The van der Waals surface area contributed by atoms with Gasteiger partial charge < -0.3 is 14.0 Å². The van der Waals surface area contributed by atoms with Crippen LogP contribution in [-0.4, -0.2) is 29.8 Å². The number of hydrogen-bond donors (Lipinski definition) is 0. The lowest BCUT2D eigenvalue weighted by Crippen LogP contribution is -2.41. The second kappa shape index (κ2) is 6.95. The summed E-state index contributed by atoms with van der Waals surface area (Å²) < 4.78 is 32.7. The number of rotatable bonds is 3. The van der Waals surface area contributed by atoms with Gasteiger partial charge in [0.2, 0.25) is 0 Å². The Kier molecular flexibility index (Phi) is 5.38. The van der Waals surface area contributed by atoms with Crippen molar-refractivity contribution in [3.8, 4) is 0 Å². The summed E-state index contributed by atoms with van der Waals surface area (Å²) in [5, 5.41) is 0. The molecule has 3 rings (SSSR count). The van der Waals surface area contributed by atoms with E-state index in [0.717, 1.165) is 18.4 Å². The fraction of sp³-hybridized carbons (Fsp3) is 0.684. The normalized spacial score (nSPS) is 31.3. The van der Waals surface area contributed by atoms with Crippen molar-refractivity contribution in [2.24, 2.45) is 5.92 Å². The van der Waals surface area contributed by atoms with Crippen LogP contribution in [0.2, 0.25) is 0 Å². The van der Waals surface area contributed by atoms with E-state index in [9.17, 15) is 4.39 Å². The van der Waals surface area contributed by atoms with Gasteiger partial charge in [-0.2, -0.15) is 0 Å². The Bertz CT molecular complexity index is 621. The number of alkyl halides is 1. The van der Waals surface area contributed by atoms with Crippen LogP contribution in [0, 0.1) is 11.7 Å². The third-order valence-corrected chi connectivity index (χ3v) is 7.01. The molecule has 0 bridgehead atoms. The second-order valence-electron chi connectivity index (χ2n) is 8.11. The number of benzene rings is 1. The van der Waals surface area contributed by atoms with Crippen LogP contribution < -0.4 is 5.46 Å². The van der Waals surface area contributed by atoms with E-state index in [-0.39, 0.29) is 11.9 Å². The van der Waals surface area contributed by atoms with Gasteiger partial charge in [-0.3, -0.25) is 0 Å². The smallest absolute Gasteiger partial charge is 0.399 e. The molecule has 0 radical (unpaired) electrons. The third-order valence-electron chi connectivity index (χ3n) is 5.89. The summed E-state index contributed by atoms with van der Waals surface area (Å²) in [6, 6.07) is 5.27. The van der Waals surface area contributed by atoms with Crippen LogP contribution in [0.3, 0.4) is 0 Å². The molecule has 138 valence electrons. The molecule has 2 aliphatic heterocycles. The third kappa shape index (κ3) is 3.68. The van der Waals surface area contributed by atoms with E-state index in [4.69, 9.17) is 14.0 Å². The average Bonchev–Trinajstić information content (AvgIpc) is 2.75. The van der Waals surface area contributed by atoms with Crippen molar-refractivity contribution >= 4 is 28.5 Å². The van der Waals surface area contributed by atoms with Gasteiger partial charge in [-0.1, -0.05) is 41.4 Å². The van der Waals surface area contributed by atoms with Crippen molar-refractivity contribution in [1.82, 2.24) is 0 Å². The molecule has 3 nitrogen and oxygen atoms in total. The van der Waals surface area contributed by atoms with Gasteiger partial charge in [-0.15, -0.1) is 0 Å². The van der Waals surface area contributed by atoms with Crippen LogP contribution in [-0.2, 0) is 14.0 Å². The lowest BCUT2D eigenvalue weighted by molar-refractivity contribution is -0.0133. The number of ether oxygens (including phenoxy) is 1. The zero-order chi connectivity index (χ0) is 18.4. The zero-order valence-corrected chi connectivity index (χ0v) is 17.2. The SMILES string of the molecule is CCC1COC(c2ccc(B3OC(C)(C)C(C)(C)O3)c(F)c2)CC1Br. The van der Waals surface area contributed by atoms with Gasteiger partial charge in [-0.25, -0.2) is 4.39 Å². The summed E-state index contributed by atoms with van der Waals surface area (Å²) in [5.41, 5.74) is 0.359. The van der Waals surface area contributed by atoms with Crippen LogP contribution in [0.25, 0.3) is 0 Å². The van der Waals surface area contributed by atoms with E-state index in [1.165, 1.54) is 0 Å². The molecule has 1 aromatic rings. The second-order valence-corrected chi connectivity index (χ2v) is 9.29. The van der Waals surface area contributed by atoms with Gasteiger partial charge in [-0.05, 0) is 51.7 Å². The van der Waals surface area contributed by atoms with E-state index < -0.39 is 18.3 Å². The molecule has 0 spiro atoms. The quantitative estimate of drug-likeness (QED) is 0.544. The molecule has 2 saturated heterocycles. The molecular formula is C19H27BBrFO3. The van der Waals surface area contributed by atoms with E-state index >= 15 is 0 Å². The summed E-state index contributed by atoms with van der Waals surface area (Å²) in [5.74, 6) is 0.216. The lowest BCUT2D eigenvalue weighted by Gasteiger charge is -2.33. The number of hydrogen-bond acceptors (Lipinski definition) is 3. The molecule has 0 amide bonds. The minimum atomic E-state index is -0.681. The summed E-state index contributed by atoms with van der Waals surface area (Å²) in [6.07, 6.45) is 1.86. The minimum absolute atomic E-state index is 0.0750. The van der Waals surface area contributed by atoms with Gasteiger partial charge in [0.15, 0.2) is 0 Å². The molecule has 0 saturated carbocycles. The Morgan fingerprint density at radius 1 is 1.20 bits per heavy atom. The molecule has 1 aromatic carbocycles. The molecule has 25 heavy (non-hydrogen) atoms. The maximum absolute atomic E-state index is 14.8. The molecular weight excluding hydrogens is 386 g/mol. The zero-order valence-electron chi connectivity index (χ0n) is 15.6. The Morgan fingerprint density at radius 3 is 2.36 bits per heavy atom. The first kappa shape index (κ1) is 19.3. The van der Waals surface area contributed by atoms with Crippen LogP contribution >= 0.6 is 15.9 Å². The summed E-state index contributed by atoms with van der Waals surface area (Å²) in [6.45, 7) is 10.7. The van der Waals surface area contributed by atoms with Gasteiger partial charge in [0.05, 0.1) is 23.9 Å².